The van der Waals surface area contributed by atoms with Crippen LogP contribution in [0.5, 0.6) is 0 Å². The lowest BCUT2D eigenvalue weighted by molar-refractivity contribution is -0.991. The third-order valence-electron chi connectivity index (χ3n) is 3.91. The van der Waals surface area contributed by atoms with E-state index in [0.29, 0.717) is 5.15 Å². The lowest BCUT2D eigenvalue weighted by atomic mass is 10.2. The Labute approximate surface area is 123 Å². The standard InChI is InChI=1S/C11H16ClN6.ClH/c12-11-10(13-1-2-14-11)3-18-7-15-4-16(8-18)6-17(5-15)9-18;/h1-2H,3-9H2;1H/q+1;/p-1. The lowest BCUT2D eigenvalue weighted by Gasteiger charge is -2.60. The molecule has 1 aromatic heterocycles. The van der Waals surface area contributed by atoms with Crippen molar-refractivity contribution in [3.63, 3.8) is 0 Å². The molecule has 8 heteroatoms. The van der Waals surface area contributed by atoms with Crippen LogP contribution >= 0.6 is 11.6 Å². The Bertz CT molecular complexity index is 447. The van der Waals surface area contributed by atoms with Gasteiger partial charge in [0.15, 0.2) is 5.15 Å². The van der Waals surface area contributed by atoms with E-state index >= 15 is 0 Å². The molecule has 0 radical (unpaired) electrons. The van der Waals surface area contributed by atoms with Crippen molar-refractivity contribution in [3.05, 3.63) is 23.2 Å². The summed E-state index contributed by atoms with van der Waals surface area (Å²) < 4.78 is 1.01. The molecule has 0 N–H and O–H groups in total. The molecule has 4 fully saturated rings. The predicted octanol–water partition coefficient (Wildman–Crippen LogP) is -2.86. The minimum absolute atomic E-state index is 0. The minimum Gasteiger partial charge on any atom is -1.00 e. The zero-order valence-corrected chi connectivity index (χ0v) is 12.1. The van der Waals surface area contributed by atoms with Gasteiger partial charge in [-0.05, 0) is 0 Å². The van der Waals surface area contributed by atoms with Crippen molar-refractivity contribution in [3.8, 4) is 0 Å². The quantitative estimate of drug-likeness (QED) is 0.550. The van der Waals surface area contributed by atoms with E-state index in [0.717, 1.165) is 56.7 Å². The molecule has 4 bridgehead atoms. The lowest BCUT2D eigenvalue weighted by Crippen LogP contribution is -3.00. The molecule has 4 aliphatic rings. The number of halogens is 2. The van der Waals surface area contributed by atoms with Crippen molar-refractivity contribution in [2.45, 2.75) is 6.54 Å². The molecule has 0 atom stereocenters. The summed E-state index contributed by atoms with van der Waals surface area (Å²) in [5.41, 5.74) is 0.921. The molecule has 0 saturated carbocycles. The van der Waals surface area contributed by atoms with E-state index in [-0.39, 0.29) is 12.4 Å². The summed E-state index contributed by atoms with van der Waals surface area (Å²) in [4.78, 5) is 16.0. The molecular weight excluding hydrogens is 287 g/mol. The first-order valence-electron chi connectivity index (χ1n) is 6.20. The van der Waals surface area contributed by atoms with Gasteiger partial charge < -0.3 is 12.4 Å². The van der Waals surface area contributed by atoms with Crippen LogP contribution < -0.4 is 12.4 Å². The number of quaternary nitrogens is 1. The molecule has 4 aliphatic heterocycles. The summed E-state index contributed by atoms with van der Waals surface area (Å²) in [5, 5.41) is 0.548. The molecule has 4 saturated heterocycles. The van der Waals surface area contributed by atoms with Gasteiger partial charge in [0.2, 0.25) is 0 Å². The van der Waals surface area contributed by atoms with Crippen LogP contribution in [0, 0.1) is 0 Å². The molecule has 0 spiro atoms. The van der Waals surface area contributed by atoms with Gasteiger partial charge in [-0.3, -0.25) is 9.47 Å². The Hall–Kier alpha value is -0.500. The van der Waals surface area contributed by atoms with Gasteiger partial charge in [-0.25, -0.2) is 19.7 Å². The predicted molar refractivity (Wildman–Crippen MR) is 65.7 cm³/mol. The fourth-order valence-electron chi connectivity index (χ4n) is 3.58. The van der Waals surface area contributed by atoms with Gasteiger partial charge >= 0.3 is 0 Å². The zero-order chi connectivity index (χ0) is 12.2. The first-order valence-corrected chi connectivity index (χ1v) is 6.58. The van der Waals surface area contributed by atoms with Crippen molar-refractivity contribution < 1.29 is 16.9 Å². The smallest absolute Gasteiger partial charge is 0.156 e. The number of hydrogen-bond acceptors (Lipinski definition) is 5. The molecule has 5 rings (SSSR count). The van der Waals surface area contributed by atoms with Crippen molar-refractivity contribution in [2.75, 3.05) is 40.0 Å². The molecule has 104 valence electrons. The zero-order valence-electron chi connectivity index (χ0n) is 10.5. The highest BCUT2D eigenvalue weighted by molar-refractivity contribution is 6.29. The maximum atomic E-state index is 6.14. The van der Waals surface area contributed by atoms with Crippen LogP contribution in [-0.2, 0) is 6.54 Å². The van der Waals surface area contributed by atoms with E-state index in [2.05, 4.69) is 24.7 Å². The Morgan fingerprint density at radius 3 is 2.05 bits per heavy atom. The van der Waals surface area contributed by atoms with Gasteiger partial charge in [0.25, 0.3) is 0 Å². The molecule has 1 aromatic rings. The molecule has 6 nitrogen and oxygen atoms in total. The summed E-state index contributed by atoms with van der Waals surface area (Å²) in [6.07, 6.45) is 3.38. The van der Waals surface area contributed by atoms with Crippen LogP contribution in [0.1, 0.15) is 5.69 Å². The molecule has 0 aliphatic carbocycles. The maximum absolute atomic E-state index is 6.14. The average Bonchev–Trinajstić information content (AvgIpc) is 2.30. The van der Waals surface area contributed by atoms with E-state index in [4.69, 9.17) is 11.6 Å². The highest BCUT2D eigenvalue weighted by Crippen LogP contribution is 2.31. The number of hydrogen-bond donors (Lipinski definition) is 0. The average molecular weight is 303 g/mol. The van der Waals surface area contributed by atoms with E-state index in [1.807, 2.05) is 0 Å². The second kappa shape index (κ2) is 4.80. The highest BCUT2D eigenvalue weighted by atomic mass is 35.5. The second-order valence-electron chi connectivity index (χ2n) is 5.65. The summed E-state index contributed by atoms with van der Waals surface area (Å²) in [6.45, 7) is 7.47. The van der Waals surface area contributed by atoms with Crippen LogP contribution in [0.15, 0.2) is 12.4 Å². The first-order chi connectivity index (χ1) is 8.72. The number of aromatic nitrogens is 2. The highest BCUT2D eigenvalue weighted by Gasteiger charge is 2.48. The maximum Gasteiger partial charge on any atom is 0.156 e. The van der Waals surface area contributed by atoms with E-state index in [9.17, 15) is 0 Å². The molecular formula is C11H16Cl2N6. The summed E-state index contributed by atoms with van der Waals surface area (Å²) in [7, 11) is 0. The van der Waals surface area contributed by atoms with Crippen molar-refractivity contribution in [1.82, 2.24) is 24.7 Å². The Morgan fingerprint density at radius 1 is 1.00 bits per heavy atom. The minimum atomic E-state index is 0. The van der Waals surface area contributed by atoms with Gasteiger partial charge in [0.1, 0.15) is 32.2 Å². The summed E-state index contributed by atoms with van der Waals surface area (Å²) in [6, 6.07) is 0. The van der Waals surface area contributed by atoms with Crippen molar-refractivity contribution >= 4 is 11.6 Å². The van der Waals surface area contributed by atoms with Crippen LogP contribution in [-0.4, -0.2) is 69.2 Å². The van der Waals surface area contributed by atoms with E-state index in [1.165, 1.54) is 0 Å². The largest absolute Gasteiger partial charge is 1.00 e. The third-order valence-corrected chi connectivity index (χ3v) is 4.22. The molecule has 19 heavy (non-hydrogen) atoms. The molecule has 0 aromatic carbocycles. The summed E-state index contributed by atoms with van der Waals surface area (Å²) in [5.74, 6) is 0. The molecule has 5 heterocycles. The fraction of sp³-hybridized carbons (Fsp3) is 0.636. The van der Waals surface area contributed by atoms with Gasteiger partial charge in [0, 0.05) is 12.4 Å². The SMILES string of the molecule is Clc1nccnc1C[N+]12CN3CN(CN(C3)C1)C2.[Cl-]. The van der Waals surface area contributed by atoms with Crippen LogP contribution in [0.2, 0.25) is 5.15 Å². The van der Waals surface area contributed by atoms with Gasteiger partial charge in [-0.1, -0.05) is 11.6 Å². The first kappa shape index (κ1) is 13.5. The normalized spacial score (nSPS) is 39.1. The topological polar surface area (TPSA) is 35.5 Å². The van der Waals surface area contributed by atoms with Gasteiger partial charge in [-0.2, -0.15) is 0 Å². The fourth-order valence-corrected chi connectivity index (χ4v) is 3.75. The molecule has 0 amide bonds. The van der Waals surface area contributed by atoms with Crippen molar-refractivity contribution in [1.29, 1.82) is 0 Å². The Morgan fingerprint density at radius 2 is 1.53 bits per heavy atom. The van der Waals surface area contributed by atoms with Crippen LogP contribution in [0.3, 0.4) is 0 Å². The number of rotatable bonds is 2. The van der Waals surface area contributed by atoms with Gasteiger partial charge in [-0.15, -0.1) is 0 Å². The Kier molecular flexibility index (Phi) is 3.41. The third kappa shape index (κ3) is 2.33. The van der Waals surface area contributed by atoms with Gasteiger partial charge in [0.05, 0.1) is 20.0 Å². The van der Waals surface area contributed by atoms with E-state index in [1.54, 1.807) is 12.4 Å². The Balaban J connectivity index is 0.00000110. The second-order valence-corrected chi connectivity index (χ2v) is 6.01. The van der Waals surface area contributed by atoms with Crippen LogP contribution in [0.25, 0.3) is 0 Å². The summed E-state index contributed by atoms with van der Waals surface area (Å²) >= 11 is 6.14. The molecule has 0 unspecified atom stereocenters. The van der Waals surface area contributed by atoms with Crippen molar-refractivity contribution in [2.24, 2.45) is 0 Å². The monoisotopic (exact) mass is 302 g/mol. The van der Waals surface area contributed by atoms with Crippen LogP contribution in [0.4, 0.5) is 0 Å². The number of nitrogens with zero attached hydrogens (tertiary/aromatic N) is 6. The van der Waals surface area contributed by atoms with E-state index < -0.39 is 0 Å².